The number of benzene rings is 2. The van der Waals surface area contributed by atoms with E-state index in [4.69, 9.17) is 4.74 Å². The van der Waals surface area contributed by atoms with Gasteiger partial charge in [0.1, 0.15) is 11.9 Å². The predicted molar refractivity (Wildman–Crippen MR) is 115 cm³/mol. The fraction of sp³-hybridized carbons (Fsp3) is 0.280. The fourth-order valence-corrected chi connectivity index (χ4v) is 3.65. The minimum absolute atomic E-state index is 0.00991. The minimum Gasteiger partial charge on any atom is -0.488 e. The highest BCUT2D eigenvalue weighted by molar-refractivity contribution is 5.75. The van der Waals surface area contributed by atoms with Crippen molar-refractivity contribution in [2.75, 3.05) is 6.54 Å². The molecule has 1 aliphatic heterocycles. The van der Waals surface area contributed by atoms with Crippen molar-refractivity contribution in [2.24, 2.45) is 0 Å². The van der Waals surface area contributed by atoms with E-state index in [9.17, 15) is 4.79 Å². The topological polar surface area (TPSA) is 51.2 Å². The summed E-state index contributed by atoms with van der Waals surface area (Å²) in [7, 11) is 0. The van der Waals surface area contributed by atoms with Gasteiger partial charge in [0.05, 0.1) is 12.2 Å². The first-order valence-corrected chi connectivity index (χ1v) is 10.2. The van der Waals surface area contributed by atoms with Crippen LogP contribution in [0.25, 0.3) is 11.3 Å². The predicted octanol–water partition coefficient (Wildman–Crippen LogP) is 4.50. The standard InChI is InChI=1S/C25H26N2O2/c1-18-10-12-23(26-16-18)20-11-13-24-21(14-20)15-22(29-24)17-27-25(28)9-5-8-19-6-3-2-4-7-19/h2-4,6-7,10-14,16,22H,5,8-9,15,17H2,1H3,(H,27,28). The maximum absolute atomic E-state index is 12.2. The highest BCUT2D eigenvalue weighted by Gasteiger charge is 2.23. The Kier molecular flexibility index (Phi) is 5.89. The summed E-state index contributed by atoms with van der Waals surface area (Å²) in [5.41, 5.74) is 5.66. The second kappa shape index (κ2) is 8.91. The number of hydrogen-bond donors (Lipinski definition) is 1. The van der Waals surface area contributed by atoms with Crippen molar-refractivity contribution in [3.63, 3.8) is 0 Å². The number of aryl methyl sites for hydroxylation is 2. The Bertz CT molecular complexity index is 968. The molecule has 1 atom stereocenters. The Morgan fingerprint density at radius 2 is 2.00 bits per heavy atom. The van der Waals surface area contributed by atoms with Crippen molar-refractivity contribution in [3.05, 3.63) is 83.6 Å². The van der Waals surface area contributed by atoms with Crippen LogP contribution in [0, 0.1) is 6.92 Å². The van der Waals surface area contributed by atoms with Crippen LogP contribution in [0.2, 0.25) is 0 Å². The maximum atomic E-state index is 12.2. The van der Waals surface area contributed by atoms with Crippen LogP contribution in [0.4, 0.5) is 0 Å². The largest absolute Gasteiger partial charge is 0.488 e. The third-order valence-corrected chi connectivity index (χ3v) is 5.25. The van der Waals surface area contributed by atoms with E-state index in [1.54, 1.807) is 0 Å². The van der Waals surface area contributed by atoms with Crippen LogP contribution >= 0.6 is 0 Å². The van der Waals surface area contributed by atoms with Gasteiger partial charge in [-0.2, -0.15) is 0 Å². The van der Waals surface area contributed by atoms with E-state index in [0.717, 1.165) is 41.8 Å². The number of rotatable bonds is 7. The zero-order chi connectivity index (χ0) is 20.1. The van der Waals surface area contributed by atoms with Crippen molar-refractivity contribution in [3.8, 4) is 17.0 Å². The zero-order valence-electron chi connectivity index (χ0n) is 16.7. The van der Waals surface area contributed by atoms with Crippen molar-refractivity contribution in [1.82, 2.24) is 10.3 Å². The van der Waals surface area contributed by atoms with E-state index in [-0.39, 0.29) is 12.0 Å². The van der Waals surface area contributed by atoms with Gasteiger partial charge in [-0.15, -0.1) is 0 Å². The number of carbonyl (C=O) groups is 1. The Morgan fingerprint density at radius 1 is 1.14 bits per heavy atom. The van der Waals surface area contributed by atoms with Crippen molar-refractivity contribution >= 4 is 5.91 Å². The molecule has 1 aromatic heterocycles. The first-order valence-electron chi connectivity index (χ1n) is 10.2. The Balaban J connectivity index is 1.25. The molecular formula is C25H26N2O2. The van der Waals surface area contributed by atoms with E-state index in [1.807, 2.05) is 49.5 Å². The normalized spacial score (nSPS) is 14.9. The van der Waals surface area contributed by atoms with Crippen molar-refractivity contribution in [2.45, 2.75) is 38.7 Å². The molecule has 148 valence electrons. The minimum atomic E-state index is -0.00991. The summed E-state index contributed by atoms with van der Waals surface area (Å²) in [6.07, 6.45) is 5.00. The summed E-state index contributed by atoms with van der Waals surface area (Å²) < 4.78 is 6.01. The van der Waals surface area contributed by atoms with Gasteiger partial charge < -0.3 is 10.1 Å². The van der Waals surface area contributed by atoms with Gasteiger partial charge in [0.25, 0.3) is 0 Å². The van der Waals surface area contributed by atoms with Gasteiger partial charge in [-0.25, -0.2) is 0 Å². The van der Waals surface area contributed by atoms with Gasteiger partial charge in [-0.1, -0.05) is 36.4 Å². The highest BCUT2D eigenvalue weighted by atomic mass is 16.5. The highest BCUT2D eigenvalue weighted by Crippen LogP contribution is 2.32. The molecule has 4 heteroatoms. The van der Waals surface area contributed by atoms with E-state index in [1.165, 1.54) is 11.1 Å². The molecule has 0 bridgehead atoms. The maximum Gasteiger partial charge on any atom is 0.220 e. The molecule has 0 saturated heterocycles. The number of ether oxygens (including phenoxy) is 1. The number of nitrogens with one attached hydrogen (secondary N) is 1. The van der Waals surface area contributed by atoms with Gasteiger partial charge in [0.2, 0.25) is 5.91 Å². The molecule has 3 aromatic rings. The molecule has 0 aliphatic carbocycles. The van der Waals surface area contributed by atoms with E-state index < -0.39 is 0 Å². The number of hydrogen-bond acceptors (Lipinski definition) is 3. The van der Waals surface area contributed by atoms with Crippen LogP contribution in [-0.2, 0) is 17.6 Å². The lowest BCUT2D eigenvalue weighted by molar-refractivity contribution is -0.121. The van der Waals surface area contributed by atoms with Gasteiger partial charge >= 0.3 is 0 Å². The number of nitrogens with zero attached hydrogens (tertiary/aromatic N) is 1. The number of amides is 1. The average Bonchev–Trinajstić information content (AvgIpc) is 3.16. The first kappa shape index (κ1) is 19.2. The van der Waals surface area contributed by atoms with Crippen LogP contribution in [0.5, 0.6) is 5.75 Å². The molecule has 1 unspecified atom stereocenters. The van der Waals surface area contributed by atoms with E-state index >= 15 is 0 Å². The third-order valence-electron chi connectivity index (χ3n) is 5.25. The molecule has 1 N–H and O–H groups in total. The molecule has 1 aliphatic rings. The summed E-state index contributed by atoms with van der Waals surface area (Å²) in [5, 5.41) is 3.02. The van der Waals surface area contributed by atoms with E-state index in [2.05, 4.69) is 34.6 Å². The molecule has 0 fully saturated rings. The SMILES string of the molecule is Cc1ccc(-c2ccc3c(c2)CC(CNC(=O)CCCc2ccccc2)O3)nc1. The van der Waals surface area contributed by atoms with Crippen LogP contribution in [-0.4, -0.2) is 23.5 Å². The molecule has 4 rings (SSSR count). The molecule has 2 aromatic carbocycles. The quantitative estimate of drug-likeness (QED) is 0.650. The zero-order valence-corrected chi connectivity index (χ0v) is 16.7. The third kappa shape index (κ3) is 5.02. The first-order chi connectivity index (χ1) is 14.2. The van der Waals surface area contributed by atoms with Gasteiger partial charge in [0.15, 0.2) is 0 Å². The van der Waals surface area contributed by atoms with Crippen LogP contribution in [0.3, 0.4) is 0 Å². The van der Waals surface area contributed by atoms with Crippen molar-refractivity contribution in [1.29, 1.82) is 0 Å². The number of aromatic nitrogens is 1. The monoisotopic (exact) mass is 386 g/mol. The summed E-state index contributed by atoms with van der Waals surface area (Å²) in [4.78, 5) is 16.7. The van der Waals surface area contributed by atoms with E-state index in [0.29, 0.717) is 13.0 Å². The van der Waals surface area contributed by atoms with Gasteiger partial charge in [0, 0.05) is 24.6 Å². The number of carbonyl (C=O) groups excluding carboxylic acids is 1. The summed E-state index contributed by atoms with van der Waals surface area (Å²) in [6.45, 7) is 2.57. The Morgan fingerprint density at radius 3 is 2.79 bits per heavy atom. The lowest BCUT2D eigenvalue weighted by Gasteiger charge is -2.12. The Labute approximate surface area is 172 Å². The van der Waals surface area contributed by atoms with Crippen LogP contribution < -0.4 is 10.1 Å². The van der Waals surface area contributed by atoms with Crippen LogP contribution in [0.1, 0.15) is 29.5 Å². The molecule has 0 saturated carbocycles. The lowest BCUT2D eigenvalue weighted by atomic mass is 10.0. The molecule has 29 heavy (non-hydrogen) atoms. The summed E-state index contributed by atoms with van der Waals surface area (Å²) in [5.74, 6) is 0.995. The number of pyridine rings is 1. The fourth-order valence-electron chi connectivity index (χ4n) is 3.65. The average molecular weight is 386 g/mol. The molecular weight excluding hydrogens is 360 g/mol. The smallest absolute Gasteiger partial charge is 0.220 e. The second-order valence-electron chi connectivity index (χ2n) is 7.63. The number of fused-ring (bicyclic) bond motifs is 1. The summed E-state index contributed by atoms with van der Waals surface area (Å²) >= 11 is 0. The second-order valence-corrected chi connectivity index (χ2v) is 7.63. The molecule has 1 amide bonds. The summed E-state index contributed by atoms with van der Waals surface area (Å²) in [6, 6.07) is 20.6. The molecule has 0 radical (unpaired) electrons. The van der Waals surface area contributed by atoms with Crippen molar-refractivity contribution < 1.29 is 9.53 Å². The molecule has 4 nitrogen and oxygen atoms in total. The van der Waals surface area contributed by atoms with Crippen LogP contribution in [0.15, 0.2) is 66.9 Å². The van der Waals surface area contributed by atoms with Gasteiger partial charge in [-0.3, -0.25) is 9.78 Å². The molecule has 0 spiro atoms. The molecule has 2 heterocycles. The Hall–Kier alpha value is -3.14. The van der Waals surface area contributed by atoms with Gasteiger partial charge in [-0.05, 0) is 60.7 Å². The lowest BCUT2D eigenvalue weighted by Crippen LogP contribution is -2.34.